The molecule has 3 aromatic rings. The molecule has 0 saturated carbocycles. The number of halogens is 1. The lowest BCUT2D eigenvalue weighted by atomic mass is 10.1. The molecule has 1 aromatic heterocycles. The smallest absolute Gasteiger partial charge is 0.199 e. The first kappa shape index (κ1) is 11.0. The maximum atomic E-state index is 13.1. The lowest BCUT2D eigenvalue weighted by Crippen LogP contribution is -1.88. The number of aromatic nitrogens is 1. The Labute approximate surface area is 104 Å². The average molecular weight is 241 g/mol. The van der Waals surface area contributed by atoms with Crippen molar-refractivity contribution in [3.8, 4) is 0 Å². The van der Waals surface area contributed by atoms with Crippen molar-refractivity contribution < 1.29 is 8.81 Å². The molecular formula is C15H12FNO. The van der Waals surface area contributed by atoms with Crippen LogP contribution in [0, 0.1) is 12.7 Å². The fourth-order valence-corrected chi connectivity index (χ4v) is 1.98. The lowest BCUT2D eigenvalue weighted by molar-refractivity contribution is 0.543. The van der Waals surface area contributed by atoms with Crippen LogP contribution < -0.4 is 0 Å². The van der Waals surface area contributed by atoms with Gasteiger partial charge < -0.3 is 4.42 Å². The molecule has 0 amide bonds. The van der Waals surface area contributed by atoms with Crippen molar-refractivity contribution in [3.63, 3.8) is 0 Å². The second-order valence-corrected chi connectivity index (χ2v) is 4.39. The molecule has 0 bridgehead atoms. The molecule has 1 heterocycles. The molecule has 2 nitrogen and oxygen atoms in total. The predicted molar refractivity (Wildman–Crippen MR) is 68.0 cm³/mol. The van der Waals surface area contributed by atoms with Crippen LogP contribution in [0.25, 0.3) is 11.1 Å². The first-order valence-electron chi connectivity index (χ1n) is 5.81. The fourth-order valence-electron chi connectivity index (χ4n) is 1.98. The summed E-state index contributed by atoms with van der Waals surface area (Å²) in [5, 5.41) is 0. The van der Waals surface area contributed by atoms with Crippen LogP contribution in [0.4, 0.5) is 4.39 Å². The van der Waals surface area contributed by atoms with Gasteiger partial charge in [-0.3, -0.25) is 0 Å². The van der Waals surface area contributed by atoms with Crippen LogP contribution in [-0.2, 0) is 6.42 Å². The molecule has 0 aliphatic rings. The molecule has 0 unspecified atom stereocenters. The molecule has 0 spiro atoms. The van der Waals surface area contributed by atoms with Gasteiger partial charge in [-0.1, -0.05) is 18.2 Å². The number of aryl methyl sites for hydroxylation is 1. The quantitative estimate of drug-likeness (QED) is 0.680. The Morgan fingerprint density at radius 1 is 1.17 bits per heavy atom. The zero-order chi connectivity index (χ0) is 12.5. The van der Waals surface area contributed by atoms with E-state index in [9.17, 15) is 4.39 Å². The van der Waals surface area contributed by atoms with Crippen LogP contribution in [0.3, 0.4) is 0 Å². The minimum Gasteiger partial charge on any atom is -0.440 e. The van der Waals surface area contributed by atoms with E-state index in [-0.39, 0.29) is 5.82 Å². The molecule has 0 saturated heterocycles. The highest BCUT2D eigenvalue weighted by atomic mass is 19.1. The van der Waals surface area contributed by atoms with Crippen LogP contribution in [0.15, 0.2) is 46.9 Å². The SMILES string of the molecule is Cc1ccc2oc(Cc3cccc(F)c3)nc2c1. The van der Waals surface area contributed by atoms with Crippen molar-refractivity contribution in [2.45, 2.75) is 13.3 Å². The van der Waals surface area contributed by atoms with Gasteiger partial charge in [0.25, 0.3) is 0 Å². The summed E-state index contributed by atoms with van der Waals surface area (Å²) in [6.45, 7) is 2.01. The summed E-state index contributed by atoms with van der Waals surface area (Å²) in [6.07, 6.45) is 0.505. The zero-order valence-electron chi connectivity index (χ0n) is 9.98. The maximum absolute atomic E-state index is 13.1. The monoisotopic (exact) mass is 241 g/mol. The summed E-state index contributed by atoms with van der Waals surface area (Å²) in [5.74, 6) is 0.376. The van der Waals surface area contributed by atoms with E-state index in [1.165, 1.54) is 12.1 Å². The minimum absolute atomic E-state index is 0.237. The first-order valence-corrected chi connectivity index (χ1v) is 5.81. The van der Waals surface area contributed by atoms with Crippen molar-refractivity contribution in [3.05, 3.63) is 65.3 Å². The molecule has 3 heteroatoms. The molecular weight excluding hydrogens is 229 g/mol. The highest BCUT2D eigenvalue weighted by molar-refractivity contribution is 5.73. The summed E-state index contributed by atoms with van der Waals surface area (Å²) in [7, 11) is 0. The molecule has 0 aliphatic carbocycles. The number of fused-ring (bicyclic) bond motifs is 1. The number of oxazole rings is 1. The van der Waals surface area contributed by atoms with Gasteiger partial charge in [0.2, 0.25) is 0 Å². The highest BCUT2D eigenvalue weighted by Crippen LogP contribution is 2.19. The first-order chi connectivity index (χ1) is 8.70. The topological polar surface area (TPSA) is 26.0 Å². The third-order valence-corrected chi connectivity index (χ3v) is 2.83. The molecule has 3 rings (SSSR count). The third kappa shape index (κ3) is 2.12. The molecule has 2 aromatic carbocycles. The van der Waals surface area contributed by atoms with Crippen LogP contribution >= 0.6 is 0 Å². The largest absolute Gasteiger partial charge is 0.440 e. The van der Waals surface area contributed by atoms with Gasteiger partial charge in [-0.25, -0.2) is 9.37 Å². The van der Waals surface area contributed by atoms with Gasteiger partial charge in [0.15, 0.2) is 11.5 Å². The second-order valence-electron chi connectivity index (χ2n) is 4.39. The standard InChI is InChI=1S/C15H12FNO/c1-10-5-6-14-13(7-10)17-15(18-14)9-11-3-2-4-12(16)8-11/h2-8H,9H2,1H3. The minimum atomic E-state index is -0.237. The molecule has 0 N–H and O–H groups in total. The Morgan fingerprint density at radius 2 is 2.06 bits per heavy atom. The Morgan fingerprint density at radius 3 is 2.89 bits per heavy atom. The Bertz CT molecular complexity index is 703. The number of rotatable bonds is 2. The van der Waals surface area contributed by atoms with Crippen molar-refractivity contribution in [1.82, 2.24) is 4.98 Å². The summed E-state index contributed by atoms with van der Waals surface area (Å²) in [5.41, 5.74) is 3.62. The van der Waals surface area contributed by atoms with Gasteiger partial charge in [-0.05, 0) is 42.3 Å². The zero-order valence-corrected chi connectivity index (χ0v) is 9.98. The van der Waals surface area contributed by atoms with Crippen molar-refractivity contribution in [2.75, 3.05) is 0 Å². The van der Waals surface area contributed by atoms with Crippen molar-refractivity contribution in [1.29, 1.82) is 0 Å². The Balaban J connectivity index is 1.95. The molecule has 0 fully saturated rings. The number of hydrogen-bond donors (Lipinski definition) is 0. The van der Waals surface area contributed by atoms with E-state index in [4.69, 9.17) is 4.42 Å². The van der Waals surface area contributed by atoms with E-state index in [0.29, 0.717) is 12.3 Å². The highest BCUT2D eigenvalue weighted by Gasteiger charge is 2.07. The summed E-state index contributed by atoms with van der Waals surface area (Å²) in [4.78, 5) is 4.41. The lowest BCUT2D eigenvalue weighted by Gasteiger charge is -1.96. The van der Waals surface area contributed by atoms with Crippen molar-refractivity contribution >= 4 is 11.1 Å². The number of benzene rings is 2. The molecule has 18 heavy (non-hydrogen) atoms. The predicted octanol–water partition coefficient (Wildman–Crippen LogP) is 3.87. The second kappa shape index (κ2) is 4.26. The normalized spacial score (nSPS) is 11.0. The maximum Gasteiger partial charge on any atom is 0.199 e. The van der Waals surface area contributed by atoms with Gasteiger partial charge in [0.05, 0.1) is 0 Å². The van der Waals surface area contributed by atoms with E-state index in [1.807, 2.05) is 31.2 Å². The Kier molecular flexibility index (Phi) is 2.59. The van der Waals surface area contributed by atoms with Gasteiger partial charge in [-0.2, -0.15) is 0 Å². The number of nitrogens with zero attached hydrogens (tertiary/aromatic N) is 1. The van der Waals surface area contributed by atoms with Crippen molar-refractivity contribution in [2.24, 2.45) is 0 Å². The van der Waals surface area contributed by atoms with E-state index < -0.39 is 0 Å². The van der Waals surface area contributed by atoms with Crippen LogP contribution in [0.5, 0.6) is 0 Å². The Hall–Kier alpha value is -2.16. The van der Waals surface area contributed by atoms with Gasteiger partial charge in [0.1, 0.15) is 11.3 Å². The van der Waals surface area contributed by atoms with E-state index >= 15 is 0 Å². The van der Waals surface area contributed by atoms with E-state index in [2.05, 4.69) is 4.98 Å². The van der Waals surface area contributed by atoms with Gasteiger partial charge in [0, 0.05) is 6.42 Å². The summed E-state index contributed by atoms with van der Waals surface area (Å²) >= 11 is 0. The van der Waals surface area contributed by atoms with Gasteiger partial charge in [-0.15, -0.1) is 0 Å². The average Bonchev–Trinajstić information content (AvgIpc) is 2.70. The van der Waals surface area contributed by atoms with Crippen LogP contribution in [0.2, 0.25) is 0 Å². The molecule has 0 radical (unpaired) electrons. The third-order valence-electron chi connectivity index (χ3n) is 2.83. The summed E-state index contributed by atoms with van der Waals surface area (Å²) < 4.78 is 18.7. The van der Waals surface area contributed by atoms with Crippen LogP contribution in [-0.4, -0.2) is 4.98 Å². The van der Waals surface area contributed by atoms with E-state index in [0.717, 1.165) is 22.2 Å². The molecule has 0 atom stereocenters. The summed E-state index contributed by atoms with van der Waals surface area (Å²) in [6, 6.07) is 12.4. The molecule has 90 valence electrons. The fraction of sp³-hybridized carbons (Fsp3) is 0.133. The van der Waals surface area contributed by atoms with Crippen LogP contribution in [0.1, 0.15) is 17.0 Å². The van der Waals surface area contributed by atoms with Gasteiger partial charge >= 0.3 is 0 Å². The molecule has 0 aliphatic heterocycles. The van der Waals surface area contributed by atoms with E-state index in [1.54, 1.807) is 6.07 Å². The number of hydrogen-bond acceptors (Lipinski definition) is 2.